The van der Waals surface area contributed by atoms with Gasteiger partial charge in [-0.15, -0.1) is 0 Å². The molecule has 0 aliphatic carbocycles. The minimum Gasteiger partial charge on any atom is -0.370 e. The molecule has 21 heavy (non-hydrogen) atoms. The number of halogens is 3. The third-order valence-electron chi connectivity index (χ3n) is 2.83. The second kappa shape index (κ2) is 6.47. The van der Waals surface area contributed by atoms with Gasteiger partial charge in [-0.25, -0.2) is 4.98 Å². The minimum absolute atomic E-state index is 0.284. The van der Waals surface area contributed by atoms with Crippen LogP contribution in [0.25, 0.3) is 0 Å². The Balaban J connectivity index is 2.04. The molecule has 1 heterocycles. The van der Waals surface area contributed by atoms with E-state index in [-0.39, 0.29) is 6.54 Å². The Kier molecular flexibility index (Phi) is 4.67. The Hall–Kier alpha value is -2.24. The summed E-state index contributed by atoms with van der Waals surface area (Å²) in [4.78, 5) is 4.30. The molecule has 3 nitrogen and oxygen atoms in total. The van der Waals surface area contributed by atoms with Crippen molar-refractivity contribution in [2.45, 2.75) is 19.6 Å². The van der Waals surface area contributed by atoms with E-state index in [9.17, 15) is 13.2 Å². The van der Waals surface area contributed by atoms with Crippen LogP contribution in [-0.4, -0.2) is 11.5 Å². The van der Waals surface area contributed by atoms with E-state index in [4.69, 9.17) is 0 Å². The molecule has 0 saturated heterocycles. The standard InChI is InChI=1S/C15H16F3N3/c1-2-19-13-7-4-8-14(21-13)20-10-11-5-3-6-12(9-11)15(16,17)18/h3-9H,2,10H2,1H3,(H2,19,20,21). The fourth-order valence-corrected chi connectivity index (χ4v) is 1.86. The summed E-state index contributed by atoms with van der Waals surface area (Å²) in [5, 5.41) is 6.10. The summed E-state index contributed by atoms with van der Waals surface area (Å²) in [5.41, 5.74) is -0.0864. The summed E-state index contributed by atoms with van der Waals surface area (Å²) < 4.78 is 37.9. The summed E-state index contributed by atoms with van der Waals surface area (Å²) in [6.45, 7) is 3.00. The number of nitrogens with one attached hydrogen (secondary N) is 2. The highest BCUT2D eigenvalue weighted by Crippen LogP contribution is 2.29. The molecule has 0 spiro atoms. The van der Waals surface area contributed by atoms with Gasteiger partial charge in [-0.05, 0) is 36.8 Å². The van der Waals surface area contributed by atoms with Crippen molar-refractivity contribution in [2.75, 3.05) is 17.2 Å². The van der Waals surface area contributed by atoms with Crippen molar-refractivity contribution in [3.8, 4) is 0 Å². The maximum absolute atomic E-state index is 12.6. The molecular formula is C15H16F3N3. The van der Waals surface area contributed by atoms with Gasteiger partial charge in [0.1, 0.15) is 11.6 Å². The summed E-state index contributed by atoms with van der Waals surface area (Å²) in [6, 6.07) is 10.7. The molecule has 0 saturated carbocycles. The van der Waals surface area contributed by atoms with E-state index in [1.165, 1.54) is 6.07 Å². The van der Waals surface area contributed by atoms with Gasteiger partial charge in [-0.1, -0.05) is 18.2 Å². The third-order valence-corrected chi connectivity index (χ3v) is 2.83. The Morgan fingerprint density at radius 3 is 2.33 bits per heavy atom. The zero-order valence-electron chi connectivity index (χ0n) is 11.5. The summed E-state index contributed by atoms with van der Waals surface area (Å²) in [5.74, 6) is 1.34. The number of pyridine rings is 1. The van der Waals surface area contributed by atoms with Gasteiger partial charge < -0.3 is 10.6 Å². The number of hydrogen-bond acceptors (Lipinski definition) is 3. The Morgan fingerprint density at radius 2 is 1.67 bits per heavy atom. The van der Waals surface area contributed by atoms with E-state index < -0.39 is 11.7 Å². The van der Waals surface area contributed by atoms with Gasteiger partial charge in [0.25, 0.3) is 0 Å². The average molecular weight is 295 g/mol. The van der Waals surface area contributed by atoms with E-state index in [1.807, 2.05) is 19.1 Å². The van der Waals surface area contributed by atoms with Crippen LogP contribution in [0.5, 0.6) is 0 Å². The first kappa shape index (κ1) is 15.2. The number of rotatable bonds is 5. The summed E-state index contributed by atoms with van der Waals surface area (Å²) in [7, 11) is 0. The van der Waals surface area contributed by atoms with Gasteiger partial charge in [0.15, 0.2) is 0 Å². The topological polar surface area (TPSA) is 37.0 Å². The smallest absolute Gasteiger partial charge is 0.370 e. The van der Waals surface area contributed by atoms with Gasteiger partial charge in [0.05, 0.1) is 5.56 Å². The van der Waals surface area contributed by atoms with E-state index in [0.717, 1.165) is 24.5 Å². The molecule has 1 aromatic heterocycles. The molecule has 112 valence electrons. The van der Waals surface area contributed by atoms with Crippen molar-refractivity contribution in [1.82, 2.24) is 4.98 Å². The highest BCUT2D eigenvalue weighted by atomic mass is 19.4. The molecule has 0 amide bonds. The maximum Gasteiger partial charge on any atom is 0.416 e. The van der Waals surface area contributed by atoms with Crippen LogP contribution < -0.4 is 10.6 Å². The van der Waals surface area contributed by atoms with Crippen molar-refractivity contribution in [2.24, 2.45) is 0 Å². The van der Waals surface area contributed by atoms with Crippen LogP contribution in [0.3, 0.4) is 0 Å². The predicted molar refractivity (Wildman–Crippen MR) is 77.2 cm³/mol. The first-order valence-corrected chi connectivity index (χ1v) is 6.60. The van der Waals surface area contributed by atoms with Crippen molar-refractivity contribution in [3.05, 3.63) is 53.6 Å². The Labute approximate surface area is 121 Å². The van der Waals surface area contributed by atoms with Gasteiger partial charge in [0.2, 0.25) is 0 Å². The lowest BCUT2D eigenvalue weighted by Gasteiger charge is -2.10. The van der Waals surface area contributed by atoms with Crippen LogP contribution in [0.2, 0.25) is 0 Å². The first-order valence-electron chi connectivity index (χ1n) is 6.60. The molecule has 2 rings (SSSR count). The monoisotopic (exact) mass is 295 g/mol. The van der Waals surface area contributed by atoms with Gasteiger partial charge in [-0.2, -0.15) is 13.2 Å². The molecule has 0 radical (unpaired) electrons. The molecule has 0 aliphatic rings. The predicted octanol–water partition coefficient (Wildman–Crippen LogP) is 4.14. The normalized spacial score (nSPS) is 11.2. The second-order valence-electron chi connectivity index (χ2n) is 4.49. The Bertz CT molecular complexity index is 597. The van der Waals surface area contributed by atoms with Crippen LogP contribution in [0.15, 0.2) is 42.5 Å². The number of anilines is 2. The zero-order chi connectivity index (χ0) is 15.3. The second-order valence-corrected chi connectivity index (χ2v) is 4.49. The molecule has 0 bridgehead atoms. The maximum atomic E-state index is 12.6. The fraction of sp³-hybridized carbons (Fsp3) is 0.267. The van der Waals surface area contributed by atoms with Crippen molar-refractivity contribution in [1.29, 1.82) is 0 Å². The van der Waals surface area contributed by atoms with E-state index in [2.05, 4.69) is 15.6 Å². The molecule has 0 unspecified atom stereocenters. The number of nitrogens with zero attached hydrogens (tertiary/aromatic N) is 1. The highest BCUT2D eigenvalue weighted by Gasteiger charge is 2.30. The highest BCUT2D eigenvalue weighted by molar-refractivity contribution is 5.45. The molecule has 2 N–H and O–H groups in total. The minimum atomic E-state index is -4.32. The fourth-order valence-electron chi connectivity index (χ4n) is 1.86. The molecule has 0 atom stereocenters. The molecule has 6 heteroatoms. The lowest BCUT2D eigenvalue weighted by atomic mass is 10.1. The van der Waals surface area contributed by atoms with Crippen LogP contribution in [0.4, 0.5) is 24.8 Å². The third kappa shape index (κ3) is 4.37. The van der Waals surface area contributed by atoms with Gasteiger partial charge >= 0.3 is 6.18 Å². The molecular weight excluding hydrogens is 279 g/mol. The number of benzene rings is 1. The van der Waals surface area contributed by atoms with Crippen molar-refractivity contribution in [3.63, 3.8) is 0 Å². The number of alkyl halides is 3. The Morgan fingerprint density at radius 1 is 1.00 bits per heavy atom. The average Bonchev–Trinajstić information content (AvgIpc) is 2.45. The number of aromatic nitrogens is 1. The number of hydrogen-bond donors (Lipinski definition) is 2. The molecule has 0 aliphatic heterocycles. The van der Waals surface area contributed by atoms with Crippen LogP contribution in [-0.2, 0) is 12.7 Å². The zero-order valence-corrected chi connectivity index (χ0v) is 11.5. The quantitative estimate of drug-likeness (QED) is 0.870. The molecule has 1 aromatic carbocycles. The van der Waals surface area contributed by atoms with E-state index in [1.54, 1.807) is 12.1 Å². The summed E-state index contributed by atoms with van der Waals surface area (Å²) in [6.07, 6.45) is -4.32. The van der Waals surface area contributed by atoms with Crippen LogP contribution in [0.1, 0.15) is 18.1 Å². The summed E-state index contributed by atoms with van der Waals surface area (Å²) >= 11 is 0. The van der Waals surface area contributed by atoms with Gasteiger partial charge in [-0.3, -0.25) is 0 Å². The molecule has 2 aromatic rings. The van der Waals surface area contributed by atoms with Crippen LogP contribution >= 0.6 is 0 Å². The van der Waals surface area contributed by atoms with Gasteiger partial charge in [0, 0.05) is 13.1 Å². The van der Waals surface area contributed by atoms with E-state index in [0.29, 0.717) is 11.4 Å². The molecule has 0 fully saturated rings. The first-order chi connectivity index (χ1) is 9.99. The van der Waals surface area contributed by atoms with Crippen LogP contribution in [0, 0.1) is 0 Å². The van der Waals surface area contributed by atoms with E-state index >= 15 is 0 Å². The lowest BCUT2D eigenvalue weighted by molar-refractivity contribution is -0.137. The largest absolute Gasteiger partial charge is 0.416 e. The van der Waals surface area contributed by atoms with Crippen molar-refractivity contribution < 1.29 is 13.2 Å². The lowest BCUT2D eigenvalue weighted by Crippen LogP contribution is -2.07. The SMILES string of the molecule is CCNc1cccc(NCc2cccc(C(F)(F)F)c2)n1. The van der Waals surface area contributed by atoms with Crippen molar-refractivity contribution >= 4 is 11.6 Å².